The third kappa shape index (κ3) is 3.80. The lowest BCUT2D eigenvalue weighted by atomic mass is 10.1. The van der Waals surface area contributed by atoms with Crippen LogP contribution in [-0.4, -0.2) is 26.8 Å². The Bertz CT molecular complexity index is 1440. The number of non-ortho nitro benzene ring substituents is 1. The Hall–Kier alpha value is -4.18. The zero-order valence-corrected chi connectivity index (χ0v) is 18.0. The van der Waals surface area contributed by atoms with E-state index in [0.717, 1.165) is 0 Å². The Morgan fingerprint density at radius 2 is 2.06 bits per heavy atom. The molecule has 2 aliphatic heterocycles. The number of benzene rings is 2. The summed E-state index contributed by atoms with van der Waals surface area (Å²) in [6, 6.07) is 17.0. The van der Waals surface area contributed by atoms with Crippen LogP contribution in [0.5, 0.6) is 0 Å². The summed E-state index contributed by atoms with van der Waals surface area (Å²) in [6.45, 7) is 3.70. The summed E-state index contributed by atoms with van der Waals surface area (Å²) in [5.41, 5.74) is 0.915. The highest BCUT2D eigenvalue weighted by Gasteiger charge is 2.35. The van der Waals surface area contributed by atoms with Crippen LogP contribution in [0, 0.1) is 10.1 Å². The van der Waals surface area contributed by atoms with Crippen molar-refractivity contribution in [1.29, 1.82) is 0 Å². The largest absolute Gasteiger partial charge is 0.457 e. The molecule has 0 bridgehead atoms. The van der Waals surface area contributed by atoms with Gasteiger partial charge in [0.25, 0.3) is 11.6 Å². The normalized spacial score (nSPS) is 16.8. The second kappa shape index (κ2) is 8.40. The molecular weight excluding hydrogens is 442 g/mol. The van der Waals surface area contributed by atoms with Crippen LogP contribution in [0.15, 0.2) is 87.8 Å². The van der Waals surface area contributed by atoms with Crippen LogP contribution in [0.25, 0.3) is 17.0 Å². The smallest absolute Gasteiger partial charge is 0.276 e. The van der Waals surface area contributed by atoms with Gasteiger partial charge in [0.15, 0.2) is 10.9 Å². The fourth-order valence-corrected chi connectivity index (χ4v) is 4.22. The average Bonchev–Trinajstić information content (AvgIpc) is 3.32. The molecule has 5 rings (SSSR count). The van der Waals surface area contributed by atoms with Gasteiger partial charge in [-0.15, -0.1) is 11.7 Å². The van der Waals surface area contributed by atoms with Crippen LogP contribution in [0.4, 0.5) is 5.69 Å². The minimum absolute atomic E-state index is 0.0291. The molecule has 0 saturated carbocycles. The third-order valence-electron chi connectivity index (χ3n) is 5.08. The fourth-order valence-electron chi connectivity index (χ4n) is 3.64. The molecule has 3 aromatic rings. The monoisotopic (exact) mass is 459 g/mol. The number of rotatable bonds is 5. The predicted molar refractivity (Wildman–Crippen MR) is 124 cm³/mol. The van der Waals surface area contributed by atoms with Gasteiger partial charge in [-0.05, 0) is 18.2 Å². The highest BCUT2D eigenvalue weighted by atomic mass is 32.2. The molecule has 1 amide bonds. The van der Waals surface area contributed by atoms with Gasteiger partial charge < -0.3 is 4.42 Å². The number of carbonyl (C=O) groups is 1. The first-order valence-corrected chi connectivity index (χ1v) is 11.0. The van der Waals surface area contributed by atoms with E-state index in [0.29, 0.717) is 44.3 Å². The van der Waals surface area contributed by atoms with Crippen molar-refractivity contribution in [2.45, 2.75) is 6.17 Å². The summed E-state index contributed by atoms with van der Waals surface area (Å²) in [5.74, 6) is 1.21. The maximum atomic E-state index is 13.0. The maximum Gasteiger partial charge on any atom is 0.276 e. The average molecular weight is 459 g/mol. The van der Waals surface area contributed by atoms with E-state index < -0.39 is 11.1 Å². The number of nitro groups is 1. The first-order chi connectivity index (χ1) is 16.0. The lowest BCUT2D eigenvalue weighted by molar-refractivity contribution is -0.384. The van der Waals surface area contributed by atoms with Gasteiger partial charge >= 0.3 is 0 Å². The maximum absolute atomic E-state index is 13.0. The molecule has 2 aliphatic rings. The number of fused-ring (bicyclic) bond motifs is 2. The van der Waals surface area contributed by atoms with Gasteiger partial charge in [-0.1, -0.05) is 48.2 Å². The van der Waals surface area contributed by atoms with E-state index in [9.17, 15) is 14.9 Å². The molecule has 0 radical (unpaired) electrons. The van der Waals surface area contributed by atoms with Crippen molar-refractivity contribution in [1.82, 2.24) is 10.3 Å². The molecule has 1 N–H and O–H groups in total. The highest BCUT2D eigenvalue weighted by Crippen LogP contribution is 2.34. The van der Waals surface area contributed by atoms with E-state index in [1.54, 1.807) is 35.4 Å². The molecule has 0 aliphatic carbocycles. The predicted octanol–water partition coefficient (Wildman–Crippen LogP) is 2.92. The number of nitro benzene ring substituents is 1. The third-order valence-corrected chi connectivity index (χ3v) is 5.94. The van der Waals surface area contributed by atoms with E-state index in [2.05, 4.69) is 17.0 Å². The Morgan fingerprint density at radius 1 is 1.21 bits per heavy atom. The van der Waals surface area contributed by atoms with Gasteiger partial charge in [-0.2, -0.15) is 0 Å². The summed E-state index contributed by atoms with van der Waals surface area (Å²) in [4.78, 5) is 28.5. The van der Waals surface area contributed by atoms with E-state index in [1.807, 2.05) is 24.3 Å². The Balaban J connectivity index is 1.60. The van der Waals surface area contributed by atoms with Gasteiger partial charge in [-0.25, -0.2) is 10.0 Å². The first kappa shape index (κ1) is 20.7. The second-order valence-electron chi connectivity index (χ2n) is 7.18. The number of amides is 1. The Kier molecular flexibility index (Phi) is 5.27. The summed E-state index contributed by atoms with van der Waals surface area (Å²) in [6.07, 6.45) is 1.01. The number of hydrogen-bond acceptors (Lipinski definition) is 8. The molecule has 164 valence electrons. The van der Waals surface area contributed by atoms with Crippen LogP contribution >= 0.6 is 11.8 Å². The van der Waals surface area contributed by atoms with E-state index >= 15 is 0 Å². The van der Waals surface area contributed by atoms with Crippen LogP contribution in [0.1, 0.15) is 11.9 Å². The molecule has 1 unspecified atom stereocenters. The number of carbonyl (C=O) groups excluding carboxylic acids is 1. The number of furan rings is 1. The van der Waals surface area contributed by atoms with Gasteiger partial charge in [0.2, 0.25) is 6.17 Å². The number of hydrazone groups is 1. The van der Waals surface area contributed by atoms with Gasteiger partial charge in [0.05, 0.1) is 10.3 Å². The minimum Gasteiger partial charge on any atom is -0.457 e. The Morgan fingerprint density at radius 3 is 2.88 bits per heavy atom. The van der Waals surface area contributed by atoms with E-state index in [1.165, 1.54) is 23.9 Å². The zero-order valence-electron chi connectivity index (χ0n) is 17.2. The number of para-hydroxylation sites is 1. The standard InChI is InChI=1S/C23H17N5O4S/c1-2-12-33-23-25-22(29)20-16-8-3-4-9-17(16)24-21(27(20)26-23)19-11-10-18(32-19)14-6-5-7-15(13-14)28(30)31/h2-11,13,21H,1,12H2,(H,25,26,29). The molecule has 33 heavy (non-hydrogen) atoms. The van der Waals surface area contributed by atoms with Crippen molar-refractivity contribution in [3.8, 4) is 11.3 Å². The highest BCUT2D eigenvalue weighted by molar-refractivity contribution is 8.14. The van der Waals surface area contributed by atoms with Crippen molar-refractivity contribution < 1.29 is 14.1 Å². The van der Waals surface area contributed by atoms with Crippen molar-refractivity contribution in [2.75, 3.05) is 5.75 Å². The summed E-state index contributed by atoms with van der Waals surface area (Å²) >= 11 is 1.35. The van der Waals surface area contributed by atoms with Crippen molar-refractivity contribution >= 4 is 34.2 Å². The molecule has 1 atom stereocenters. The van der Waals surface area contributed by atoms with Crippen LogP contribution in [-0.2, 0) is 4.79 Å². The van der Waals surface area contributed by atoms with Crippen molar-refractivity contribution in [3.63, 3.8) is 0 Å². The minimum atomic E-state index is -0.715. The number of thioether (sulfide) groups is 1. The van der Waals surface area contributed by atoms with E-state index in [-0.39, 0.29) is 11.6 Å². The van der Waals surface area contributed by atoms with Crippen LogP contribution in [0.3, 0.4) is 0 Å². The topological polar surface area (TPSA) is 113 Å². The Labute approximate surface area is 192 Å². The fraction of sp³-hybridized carbons (Fsp3) is 0.0870. The number of amidine groups is 1. The molecule has 0 saturated heterocycles. The molecule has 10 heteroatoms. The number of nitrogens with zero attached hydrogens (tertiary/aromatic N) is 4. The molecular formula is C23H17N5O4S. The van der Waals surface area contributed by atoms with Crippen molar-refractivity contribution in [2.24, 2.45) is 10.1 Å². The van der Waals surface area contributed by atoms with Crippen LogP contribution in [0.2, 0.25) is 0 Å². The molecule has 0 fully saturated rings. The zero-order chi connectivity index (χ0) is 22.9. The molecule has 3 heterocycles. The molecule has 0 spiro atoms. The lowest BCUT2D eigenvalue weighted by Gasteiger charge is -2.32. The summed E-state index contributed by atoms with van der Waals surface area (Å²) < 4.78 is 6.06. The molecule has 1 aromatic heterocycles. The van der Waals surface area contributed by atoms with Crippen molar-refractivity contribution in [3.05, 3.63) is 99.8 Å². The van der Waals surface area contributed by atoms with Gasteiger partial charge in [-0.3, -0.25) is 20.2 Å². The quantitative estimate of drug-likeness (QED) is 0.357. The van der Waals surface area contributed by atoms with E-state index in [4.69, 9.17) is 9.41 Å². The second-order valence-corrected chi connectivity index (χ2v) is 8.19. The molecule has 2 aromatic carbocycles. The van der Waals surface area contributed by atoms with Gasteiger partial charge in [0, 0.05) is 28.7 Å². The first-order valence-electron chi connectivity index (χ1n) is 10.00. The lowest BCUT2D eigenvalue weighted by Crippen LogP contribution is -2.50. The summed E-state index contributed by atoms with van der Waals surface area (Å²) in [7, 11) is 0. The SMILES string of the molecule is C=CCSC1=NN2C(=c3ccccc3=NC2c2ccc(-c3cccc([N+](=O)[O-])c3)o2)C(=O)N1. The number of hydrogen-bond donors (Lipinski definition) is 1. The van der Waals surface area contributed by atoms with Crippen LogP contribution < -0.4 is 15.9 Å². The summed E-state index contributed by atoms with van der Waals surface area (Å²) in [5, 5.41) is 21.9. The number of nitrogens with one attached hydrogen (secondary N) is 1. The van der Waals surface area contributed by atoms with Gasteiger partial charge in [0.1, 0.15) is 11.5 Å². The molecule has 9 nitrogen and oxygen atoms in total.